The molecule has 154 valence electrons. The molecule has 5 heteroatoms. The van der Waals surface area contributed by atoms with E-state index in [0.29, 0.717) is 25.4 Å². The quantitative estimate of drug-likeness (QED) is 0.845. The zero-order valence-corrected chi connectivity index (χ0v) is 17.3. The summed E-state index contributed by atoms with van der Waals surface area (Å²) in [5.74, 6) is 0.400. The number of carbonyl (C=O) groups is 1. The molecule has 5 nitrogen and oxygen atoms in total. The number of hydrogen-bond acceptors (Lipinski definition) is 4. The number of aliphatic hydroxyl groups is 1. The lowest BCUT2D eigenvalue weighted by Crippen LogP contribution is -2.60. The number of hydrogen-bond donors (Lipinski definition) is 1. The standard InChI is InChI=1S/C23H34N2O3/c1-18(2)20-6-4-19(5-7-20)16-25-12-3-8-23(27,21(25)26)17-24-13-9-22(10-14-24)11-15-28-22/h4-7,18,27H,3,8-17H2,1-2H3/t23-/m1/s1. The highest BCUT2D eigenvalue weighted by Gasteiger charge is 2.46. The Balaban J connectivity index is 1.36. The topological polar surface area (TPSA) is 53.0 Å². The molecule has 1 N–H and O–H groups in total. The van der Waals surface area contributed by atoms with Crippen LogP contribution in [0.3, 0.4) is 0 Å². The molecule has 0 aliphatic carbocycles. The molecule has 3 aliphatic heterocycles. The molecular weight excluding hydrogens is 352 g/mol. The van der Waals surface area contributed by atoms with Gasteiger partial charge in [0.25, 0.3) is 5.91 Å². The fraction of sp³-hybridized carbons (Fsp3) is 0.696. The summed E-state index contributed by atoms with van der Waals surface area (Å²) in [4.78, 5) is 17.2. The maximum Gasteiger partial charge on any atom is 0.256 e. The second kappa shape index (κ2) is 7.77. The van der Waals surface area contributed by atoms with E-state index in [-0.39, 0.29) is 11.5 Å². The molecule has 1 aromatic carbocycles. The minimum absolute atomic E-state index is 0.101. The number of piperidine rings is 2. The Morgan fingerprint density at radius 3 is 2.32 bits per heavy atom. The van der Waals surface area contributed by atoms with Crippen molar-refractivity contribution in [2.45, 2.75) is 69.6 Å². The lowest BCUT2D eigenvalue weighted by Gasteiger charge is -2.49. The van der Waals surface area contributed by atoms with Gasteiger partial charge in [0.15, 0.2) is 5.60 Å². The first-order valence-corrected chi connectivity index (χ1v) is 10.9. The highest BCUT2D eigenvalue weighted by Crippen LogP contribution is 2.37. The van der Waals surface area contributed by atoms with Crippen molar-refractivity contribution in [2.75, 3.05) is 32.8 Å². The summed E-state index contributed by atoms with van der Waals surface area (Å²) in [6.07, 6.45) is 4.61. The van der Waals surface area contributed by atoms with Gasteiger partial charge < -0.3 is 14.7 Å². The van der Waals surface area contributed by atoms with Crippen molar-refractivity contribution in [3.05, 3.63) is 35.4 Å². The van der Waals surface area contributed by atoms with Gasteiger partial charge in [-0.15, -0.1) is 0 Å². The molecule has 0 unspecified atom stereocenters. The molecule has 0 bridgehead atoms. The summed E-state index contributed by atoms with van der Waals surface area (Å²) in [7, 11) is 0. The Labute approximate surface area is 168 Å². The monoisotopic (exact) mass is 386 g/mol. The summed E-state index contributed by atoms with van der Waals surface area (Å²) >= 11 is 0. The largest absolute Gasteiger partial charge is 0.379 e. The third-order valence-electron chi connectivity index (χ3n) is 6.94. The van der Waals surface area contributed by atoms with E-state index in [9.17, 15) is 9.90 Å². The van der Waals surface area contributed by atoms with Gasteiger partial charge in [0.2, 0.25) is 0 Å². The molecule has 1 atom stereocenters. The number of amides is 1. The molecule has 1 amide bonds. The van der Waals surface area contributed by atoms with Crippen molar-refractivity contribution in [3.63, 3.8) is 0 Å². The average Bonchev–Trinajstić information content (AvgIpc) is 2.65. The van der Waals surface area contributed by atoms with Gasteiger partial charge in [-0.3, -0.25) is 9.69 Å². The number of rotatable bonds is 5. The van der Waals surface area contributed by atoms with Crippen LogP contribution in [-0.2, 0) is 16.1 Å². The normalized spacial score (nSPS) is 28.0. The number of carbonyl (C=O) groups excluding carboxylic acids is 1. The average molecular weight is 387 g/mol. The van der Waals surface area contributed by atoms with E-state index in [2.05, 4.69) is 43.0 Å². The van der Waals surface area contributed by atoms with Crippen molar-refractivity contribution >= 4 is 5.91 Å². The summed E-state index contributed by atoms with van der Waals surface area (Å²) in [6, 6.07) is 8.51. The maximum atomic E-state index is 13.1. The van der Waals surface area contributed by atoms with Gasteiger partial charge >= 0.3 is 0 Å². The third-order valence-corrected chi connectivity index (χ3v) is 6.94. The highest BCUT2D eigenvalue weighted by molar-refractivity contribution is 5.86. The van der Waals surface area contributed by atoms with Crippen molar-refractivity contribution < 1.29 is 14.6 Å². The van der Waals surface area contributed by atoms with Crippen LogP contribution in [0, 0.1) is 0 Å². The van der Waals surface area contributed by atoms with Crippen LogP contribution in [0.15, 0.2) is 24.3 Å². The van der Waals surface area contributed by atoms with Gasteiger partial charge in [0, 0.05) is 32.7 Å². The van der Waals surface area contributed by atoms with Gasteiger partial charge in [-0.1, -0.05) is 38.1 Å². The van der Waals surface area contributed by atoms with Crippen molar-refractivity contribution in [1.82, 2.24) is 9.80 Å². The molecule has 28 heavy (non-hydrogen) atoms. The molecule has 0 saturated carbocycles. The Morgan fingerprint density at radius 2 is 1.75 bits per heavy atom. The van der Waals surface area contributed by atoms with Crippen LogP contribution in [0.1, 0.15) is 63.0 Å². The van der Waals surface area contributed by atoms with E-state index in [1.54, 1.807) is 0 Å². The molecule has 1 aromatic rings. The SMILES string of the molecule is CC(C)c1ccc(CN2CCC[C@@](O)(CN3CCC4(CCO4)CC3)C2=O)cc1. The van der Waals surface area contributed by atoms with Crippen LogP contribution in [0.25, 0.3) is 0 Å². The van der Waals surface area contributed by atoms with Crippen LogP contribution in [0.2, 0.25) is 0 Å². The molecule has 0 aromatic heterocycles. The van der Waals surface area contributed by atoms with Crippen molar-refractivity contribution in [2.24, 2.45) is 0 Å². The highest BCUT2D eigenvalue weighted by atomic mass is 16.5. The van der Waals surface area contributed by atoms with E-state index >= 15 is 0 Å². The summed E-state index contributed by atoms with van der Waals surface area (Å²) in [6.45, 7) is 8.82. The lowest BCUT2D eigenvalue weighted by atomic mass is 9.83. The molecule has 3 aliphatic rings. The minimum atomic E-state index is -1.25. The van der Waals surface area contributed by atoms with Gasteiger partial charge in [-0.2, -0.15) is 0 Å². The first kappa shape index (κ1) is 19.9. The Bertz CT molecular complexity index is 688. The van der Waals surface area contributed by atoms with Crippen LogP contribution in [-0.4, -0.2) is 64.8 Å². The third kappa shape index (κ3) is 3.98. The van der Waals surface area contributed by atoms with E-state index in [1.165, 1.54) is 5.56 Å². The molecule has 4 rings (SSSR count). The minimum Gasteiger partial charge on any atom is -0.379 e. The fourth-order valence-electron chi connectivity index (χ4n) is 4.86. The van der Waals surface area contributed by atoms with Crippen LogP contribution in [0.4, 0.5) is 0 Å². The number of nitrogens with zero attached hydrogens (tertiary/aromatic N) is 2. The zero-order chi connectivity index (χ0) is 19.8. The van der Waals surface area contributed by atoms with Crippen molar-refractivity contribution in [1.29, 1.82) is 0 Å². The Kier molecular flexibility index (Phi) is 5.51. The van der Waals surface area contributed by atoms with Gasteiger partial charge in [-0.05, 0) is 49.1 Å². The van der Waals surface area contributed by atoms with E-state index in [0.717, 1.165) is 57.5 Å². The Morgan fingerprint density at radius 1 is 1.07 bits per heavy atom. The number of ether oxygens (including phenoxy) is 1. The number of benzene rings is 1. The summed E-state index contributed by atoms with van der Waals surface area (Å²) in [5, 5.41) is 11.2. The van der Waals surface area contributed by atoms with Gasteiger partial charge in [0.05, 0.1) is 12.2 Å². The number of β-amino-alcohol motifs (C(OH)–C–C–N with tert-alkyl or cyclic N) is 1. The molecule has 3 heterocycles. The second-order valence-corrected chi connectivity index (χ2v) is 9.32. The molecule has 3 fully saturated rings. The first-order valence-electron chi connectivity index (χ1n) is 10.9. The molecule has 0 radical (unpaired) electrons. The predicted molar refractivity (Wildman–Crippen MR) is 109 cm³/mol. The lowest BCUT2D eigenvalue weighted by molar-refractivity contribution is -0.180. The second-order valence-electron chi connectivity index (χ2n) is 9.32. The molecule has 1 spiro atoms. The zero-order valence-electron chi connectivity index (χ0n) is 17.3. The summed E-state index contributed by atoms with van der Waals surface area (Å²) in [5.41, 5.74) is 1.29. The Hall–Kier alpha value is -1.43. The molecular formula is C23H34N2O3. The smallest absolute Gasteiger partial charge is 0.256 e. The van der Waals surface area contributed by atoms with Crippen LogP contribution < -0.4 is 0 Å². The van der Waals surface area contributed by atoms with Crippen molar-refractivity contribution in [3.8, 4) is 0 Å². The van der Waals surface area contributed by atoms with Gasteiger partial charge in [-0.25, -0.2) is 0 Å². The van der Waals surface area contributed by atoms with E-state index in [4.69, 9.17) is 4.74 Å². The van der Waals surface area contributed by atoms with E-state index in [1.807, 2.05) is 4.90 Å². The fourth-order valence-corrected chi connectivity index (χ4v) is 4.86. The van der Waals surface area contributed by atoms with Gasteiger partial charge in [0.1, 0.15) is 0 Å². The van der Waals surface area contributed by atoms with E-state index < -0.39 is 5.60 Å². The van der Waals surface area contributed by atoms with Crippen LogP contribution in [0.5, 0.6) is 0 Å². The summed E-state index contributed by atoms with van der Waals surface area (Å²) < 4.78 is 5.79. The number of likely N-dealkylation sites (tertiary alicyclic amines) is 2. The molecule has 3 saturated heterocycles. The first-order chi connectivity index (χ1) is 13.4. The predicted octanol–water partition coefficient (Wildman–Crippen LogP) is 2.92. The maximum absolute atomic E-state index is 13.1. The van der Waals surface area contributed by atoms with Crippen LogP contribution >= 0.6 is 0 Å².